The summed E-state index contributed by atoms with van der Waals surface area (Å²) in [5, 5.41) is 19.0. The van der Waals surface area contributed by atoms with Gasteiger partial charge in [0.2, 0.25) is 0 Å². The van der Waals surface area contributed by atoms with Gasteiger partial charge in [-0.25, -0.2) is 0 Å². The number of unbranched alkanes of at least 4 members (excludes halogenated alkanes) is 15. The molecule has 0 rings (SSSR count). The molecule has 0 aromatic rings. The molecule has 0 radical (unpaired) electrons. The lowest BCUT2D eigenvalue weighted by Gasteiger charge is -2.32. The zero-order chi connectivity index (χ0) is 22.5. The fourth-order valence-electron chi connectivity index (χ4n) is 4.32. The Morgan fingerprint density at radius 1 is 0.700 bits per heavy atom. The largest absolute Gasteiger partial charge is 0.481 e. The molecule has 4 nitrogen and oxygen atoms in total. The van der Waals surface area contributed by atoms with Crippen LogP contribution in [0.3, 0.4) is 0 Å². The number of likely N-dealkylation sites (N-methyl/N-ethyl adjacent to an activating group) is 1. The molecule has 180 valence electrons. The molecular formula is C26H54NO3+. The third kappa shape index (κ3) is 22.1. The molecule has 0 aromatic heterocycles. The third-order valence-corrected chi connectivity index (χ3v) is 6.25. The van der Waals surface area contributed by atoms with Crippen molar-refractivity contribution in [2.45, 2.75) is 135 Å². The van der Waals surface area contributed by atoms with E-state index in [1.807, 2.05) is 0 Å². The van der Waals surface area contributed by atoms with E-state index in [4.69, 9.17) is 5.11 Å². The molecule has 0 aliphatic rings. The highest BCUT2D eigenvalue weighted by atomic mass is 16.4. The van der Waals surface area contributed by atoms with Crippen LogP contribution in [0.25, 0.3) is 0 Å². The molecule has 0 spiro atoms. The topological polar surface area (TPSA) is 57.5 Å². The molecule has 0 bridgehead atoms. The van der Waals surface area contributed by atoms with Gasteiger partial charge in [-0.05, 0) is 19.3 Å². The van der Waals surface area contributed by atoms with E-state index in [1.165, 1.54) is 89.9 Å². The van der Waals surface area contributed by atoms with Gasteiger partial charge in [0.15, 0.2) is 0 Å². The van der Waals surface area contributed by atoms with Crippen molar-refractivity contribution in [3.63, 3.8) is 0 Å². The fraction of sp³-hybridized carbons (Fsp3) is 0.962. The van der Waals surface area contributed by atoms with Crippen molar-refractivity contribution < 1.29 is 19.5 Å². The van der Waals surface area contributed by atoms with Gasteiger partial charge in [-0.15, -0.1) is 0 Å². The summed E-state index contributed by atoms with van der Waals surface area (Å²) in [6.07, 6.45) is 23.1. The zero-order valence-electron chi connectivity index (χ0n) is 20.7. The number of carboxylic acids is 1. The van der Waals surface area contributed by atoms with Crippen molar-refractivity contribution >= 4 is 5.97 Å². The smallest absolute Gasteiger partial charge is 0.303 e. The second kappa shape index (κ2) is 20.3. The number of hydrogen-bond donors (Lipinski definition) is 2. The van der Waals surface area contributed by atoms with Gasteiger partial charge in [0.25, 0.3) is 0 Å². The van der Waals surface area contributed by atoms with Gasteiger partial charge in [-0.3, -0.25) is 4.79 Å². The third-order valence-electron chi connectivity index (χ3n) is 6.25. The number of aliphatic hydroxyl groups is 1. The molecule has 0 saturated heterocycles. The molecule has 2 N–H and O–H groups in total. The minimum atomic E-state index is -0.714. The van der Waals surface area contributed by atoms with Crippen LogP contribution in [0.15, 0.2) is 0 Å². The quantitative estimate of drug-likeness (QED) is 0.137. The molecular weight excluding hydrogens is 374 g/mol. The first-order valence-corrected chi connectivity index (χ1v) is 13.1. The average molecular weight is 429 g/mol. The van der Waals surface area contributed by atoms with E-state index < -0.39 is 5.97 Å². The minimum absolute atomic E-state index is 0.235. The Morgan fingerprint density at radius 3 is 1.57 bits per heavy atom. The summed E-state index contributed by atoms with van der Waals surface area (Å²) in [6, 6.07) is 0. The lowest BCUT2D eigenvalue weighted by atomic mass is 10.0. The summed E-state index contributed by atoms with van der Waals surface area (Å²) in [5.74, 6) is -0.714. The SMILES string of the molecule is CCCCCCCCCCCCCCCCCC(O)C[N+](C)(C)CCCCC(=O)O. The molecule has 4 heteroatoms. The number of hydrogen-bond acceptors (Lipinski definition) is 2. The van der Waals surface area contributed by atoms with Crippen LogP contribution in [0.1, 0.15) is 129 Å². The number of rotatable bonds is 23. The molecule has 1 atom stereocenters. The van der Waals surface area contributed by atoms with E-state index in [1.54, 1.807) is 0 Å². The second-order valence-corrected chi connectivity index (χ2v) is 10.1. The normalized spacial score (nSPS) is 12.9. The van der Waals surface area contributed by atoms with Gasteiger partial charge in [0.1, 0.15) is 12.6 Å². The van der Waals surface area contributed by atoms with Gasteiger partial charge < -0.3 is 14.7 Å². The van der Waals surface area contributed by atoms with Crippen molar-refractivity contribution in [2.24, 2.45) is 0 Å². The average Bonchev–Trinajstić information content (AvgIpc) is 2.67. The lowest BCUT2D eigenvalue weighted by molar-refractivity contribution is -0.893. The van der Waals surface area contributed by atoms with Crippen LogP contribution >= 0.6 is 0 Å². The van der Waals surface area contributed by atoms with Gasteiger partial charge in [0.05, 0.1) is 20.6 Å². The van der Waals surface area contributed by atoms with E-state index in [0.717, 1.165) is 43.3 Å². The summed E-state index contributed by atoms with van der Waals surface area (Å²) in [6.45, 7) is 3.98. The molecule has 0 heterocycles. The molecule has 0 amide bonds. The molecule has 0 fully saturated rings. The van der Waals surface area contributed by atoms with Crippen LogP contribution in [-0.4, -0.2) is 54.0 Å². The first-order chi connectivity index (χ1) is 14.4. The van der Waals surface area contributed by atoms with E-state index in [0.29, 0.717) is 0 Å². The van der Waals surface area contributed by atoms with Crippen LogP contribution in [0.4, 0.5) is 0 Å². The summed E-state index contributed by atoms with van der Waals surface area (Å²) in [5.41, 5.74) is 0. The predicted octanol–water partition coefficient (Wildman–Crippen LogP) is 6.94. The molecule has 1 unspecified atom stereocenters. The Morgan fingerprint density at radius 2 is 1.13 bits per heavy atom. The van der Waals surface area contributed by atoms with Gasteiger partial charge in [-0.2, -0.15) is 0 Å². The van der Waals surface area contributed by atoms with E-state index in [9.17, 15) is 9.90 Å². The number of quaternary nitrogens is 1. The fourth-order valence-corrected chi connectivity index (χ4v) is 4.32. The van der Waals surface area contributed by atoms with Crippen molar-refractivity contribution in [3.8, 4) is 0 Å². The van der Waals surface area contributed by atoms with Crippen LogP contribution in [0.2, 0.25) is 0 Å². The lowest BCUT2D eigenvalue weighted by Crippen LogP contribution is -2.46. The number of carbonyl (C=O) groups is 1. The predicted molar refractivity (Wildman–Crippen MR) is 129 cm³/mol. The zero-order valence-corrected chi connectivity index (χ0v) is 20.7. The highest BCUT2D eigenvalue weighted by Gasteiger charge is 2.19. The summed E-state index contributed by atoms with van der Waals surface area (Å²) < 4.78 is 0.777. The van der Waals surface area contributed by atoms with Crippen molar-refractivity contribution in [2.75, 3.05) is 27.2 Å². The highest BCUT2D eigenvalue weighted by Crippen LogP contribution is 2.15. The van der Waals surface area contributed by atoms with Gasteiger partial charge >= 0.3 is 5.97 Å². The number of aliphatic carboxylic acids is 1. The first-order valence-electron chi connectivity index (χ1n) is 13.1. The van der Waals surface area contributed by atoms with Crippen LogP contribution in [-0.2, 0) is 4.79 Å². The monoisotopic (exact) mass is 428 g/mol. The maximum Gasteiger partial charge on any atom is 0.303 e. The van der Waals surface area contributed by atoms with Crippen LogP contribution < -0.4 is 0 Å². The summed E-state index contributed by atoms with van der Waals surface area (Å²) in [4.78, 5) is 10.6. The van der Waals surface area contributed by atoms with E-state index >= 15 is 0 Å². The second-order valence-electron chi connectivity index (χ2n) is 10.1. The minimum Gasteiger partial charge on any atom is -0.481 e. The van der Waals surface area contributed by atoms with Crippen molar-refractivity contribution in [1.29, 1.82) is 0 Å². The molecule has 0 aliphatic carbocycles. The van der Waals surface area contributed by atoms with Crippen LogP contribution in [0, 0.1) is 0 Å². The first kappa shape index (κ1) is 29.4. The Hall–Kier alpha value is -0.610. The van der Waals surface area contributed by atoms with Crippen molar-refractivity contribution in [3.05, 3.63) is 0 Å². The Kier molecular flexibility index (Phi) is 19.9. The number of aliphatic hydroxyl groups excluding tert-OH is 1. The number of carboxylic acid groups (broad SMARTS) is 1. The van der Waals surface area contributed by atoms with E-state index in [-0.39, 0.29) is 12.5 Å². The van der Waals surface area contributed by atoms with Crippen molar-refractivity contribution in [1.82, 2.24) is 0 Å². The Balaban J connectivity index is 3.39. The number of nitrogens with zero attached hydrogens (tertiary/aromatic N) is 1. The standard InChI is InChI=1S/C26H53NO3/c1-4-5-6-7-8-9-10-11-12-13-14-15-16-17-18-21-25(28)24-27(2,3)23-20-19-22-26(29)30/h25,28H,4-24H2,1-3H3/p+1. The maximum atomic E-state index is 10.6. The molecule has 0 aliphatic heterocycles. The molecule has 0 saturated carbocycles. The van der Waals surface area contributed by atoms with Gasteiger partial charge in [0, 0.05) is 6.42 Å². The van der Waals surface area contributed by atoms with E-state index in [2.05, 4.69) is 21.0 Å². The highest BCUT2D eigenvalue weighted by molar-refractivity contribution is 5.66. The molecule has 30 heavy (non-hydrogen) atoms. The Labute approximate surface area is 188 Å². The van der Waals surface area contributed by atoms with Crippen LogP contribution in [0.5, 0.6) is 0 Å². The summed E-state index contributed by atoms with van der Waals surface area (Å²) in [7, 11) is 4.27. The molecule has 0 aromatic carbocycles. The Bertz CT molecular complexity index is 384. The maximum absolute atomic E-state index is 10.6. The van der Waals surface area contributed by atoms with Gasteiger partial charge in [-0.1, -0.05) is 103 Å². The summed E-state index contributed by atoms with van der Waals surface area (Å²) >= 11 is 0.